The summed E-state index contributed by atoms with van der Waals surface area (Å²) in [6, 6.07) is 24.5. The molecule has 1 atom stereocenters. The minimum Gasteiger partial charge on any atom is -0.497 e. The maximum absolute atomic E-state index is 14.2. The lowest BCUT2D eigenvalue weighted by molar-refractivity contribution is 0.0683. The second-order valence-electron chi connectivity index (χ2n) is 9.60. The van der Waals surface area contributed by atoms with Crippen molar-refractivity contribution >= 4 is 45.9 Å². The van der Waals surface area contributed by atoms with Gasteiger partial charge in [-0.3, -0.25) is 14.2 Å². The third-order valence-corrected chi connectivity index (χ3v) is 7.81. The van der Waals surface area contributed by atoms with E-state index in [-0.39, 0.29) is 11.8 Å². The average Bonchev–Trinajstić information content (AvgIpc) is 3.30. The van der Waals surface area contributed by atoms with Crippen LogP contribution in [0, 0.1) is 5.82 Å². The second kappa shape index (κ2) is 10.5. The van der Waals surface area contributed by atoms with Gasteiger partial charge in [0.1, 0.15) is 11.6 Å². The Morgan fingerprint density at radius 1 is 0.825 bits per heavy atom. The summed E-state index contributed by atoms with van der Waals surface area (Å²) in [4.78, 5) is 29.8. The van der Waals surface area contributed by atoms with Crippen LogP contribution in [-0.4, -0.2) is 34.9 Å². The first-order chi connectivity index (χ1) is 19.4. The number of halogens is 3. The number of rotatable bonds is 4. The monoisotopic (exact) mass is 572 g/mol. The molecule has 1 amide bonds. The topological polar surface area (TPSA) is 51.5 Å². The van der Waals surface area contributed by atoms with Crippen LogP contribution in [0.15, 0.2) is 91.0 Å². The smallest absolute Gasteiger partial charge is 0.262 e. The largest absolute Gasteiger partial charge is 0.497 e. The van der Waals surface area contributed by atoms with Gasteiger partial charge in [-0.2, -0.15) is 0 Å². The Morgan fingerprint density at radius 2 is 1.45 bits per heavy atom. The SMILES string of the molecule is COc1ccc(C2c3c(c4cc(Cl)ccc4n3C(=O)c3ccc(Cl)cc3)CCN2C(=O)c2ccc(F)cc2)cc1. The number of methoxy groups -OCH3 is 1. The molecule has 0 fully saturated rings. The Balaban J connectivity index is 1.60. The summed E-state index contributed by atoms with van der Waals surface area (Å²) in [5, 5.41) is 1.93. The molecule has 4 aromatic carbocycles. The van der Waals surface area contributed by atoms with Crippen molar-refractivity contribution in [3.05, 3.63) is 135 Å². The molecule has 5 aromatic rings. The molecule has 1 aliphatic rings. The number of carbonyl (C=O) groups is 2. The van der Waals surface area contributed by atoms with E-state index in [1.807, 2.05) is 36.4 Å². The van der Waals surface area contributed by atoms with Crippen LogP contribution in [0.4, 0.5) is 4.39 Å². The fraction of sp³-hybridized carbons (Fsp3) is 0.125. The van der Waals surface area contributed by atoms with Gasteiger partial charge in [-0.05, 0) is 96.4 Å². The standard InChI is InChI=1S/C32H23Cl2FN2O3/c1-40-25-13-6-19(7-14-25)29-30-26(16-17-36(29)31(38)20-4-11-24(35)12-5-20)27-18-23(34)10-15-28(27)37(30)32(39)21-2-8-22(33)9-3-21/h2-15,18,29H,16-17H2,1H3. The molecule has 8 heteroatoms. The Bertz CT molecular complexity index is 1750. The van der Waals surface area contributed by atoms with E-state index in [4.69, 9.17) is 27.9 Å². The van der Waals surface area contributed by atoms with Crippen molar-refractivity contribution in [2.24, 2.45) is 0 Å². The van der Waals surface area contributed by atoms with Gasteiger partial charge in [0.05, 0.1) is 24.4 Å². The first kappa shape index (κ1) is 26.1. The van der Waals surface area contributed by atoms with Gasteiger partial charge in [0, 0.05) is 33.1 Å². The van der Waals surface area contributed by atoms with Crippen LogP contribution in [-0.2, 0) is 6.42 Å². The van der Waals surface area contributed by atoms with E-state index in [2.05, 4.69) is 0 Å². The molecule has 200 valence electrons. The quantitative estimate of drug-likeness (QED) is 0.223. The Hall–Kier alpha value is -4.13. The zero-order chi connectivity index (χ0) is 28.0. The fourth-order valence-electron chi connectivity index (χ4n) is 5.45. The summed E-state index contributed by atoms with van der Waals surface area (Å²) in [7, 11) is 1.59. The molecular weight excluding hydrogens is 550 g/mol. The summed E-state index contributed by atoms with van der Waals surface area (Å²) in [5.41, 5.74) is 3.95. The first-order valence-electron chi connectivity index (χ1n) is 12.7. The van der Waals surface area contributed by atoms with E-state index in [1.165, 1.54) is 24.3 Å². The molecule has 0 radical (unpaired) electrons. The van der Waals surface area contributed by atoms with Gasteiger partial charge in [0.25, 0.3) is 11.8 Å². The van der Waals surface area contributed by atoms with Crippen molar-refractivity contribution in [1.82, 2.24) is 9.47 Å². The van der Waals surface area contributed by atoms with E-state index in [1.54, 1.807) is 46.9 Å². The average molecular weight is 573 g/mol. The van der Waals surface area contributed by atoms with E-state index in [0.29, 0.717) is 51.1 Å². The molecule has 0 bridgehead atoms. The van der Waals surface area contributed by atoms with E-state index >= 15 is 0 Å². The van der Waals surface area contributed by atoms with Gasteiger partial charge in [-0.15, -0.1) is 0 Å². The van der Waals surface area contributed by atoms with Gasteiger partial charge in [0.15, 0.2) is 0 Å². The van der Waals surface area contributed by atoms with Crippen molar-refractivity contribution in [1.29, 1.82) is 0 Å². The van der Waals surface area contributed by atoms with Crippen molar-refractivity contribution in [3.63, 3.8) is 0 Å². The van der Waals surface area contributed by atoms with Crippen LogP contribution in [0.3, 0.4) is 0 Å². The summed E-state index contributed by atoms with van der Waals surface area (Å²) < 4.78 is 20.7. The number of ether oxygens (including phenoxy) is 1. The predicted molar refractivity (Wildman–Crippen MR) is 154 cm³/mol. The number of fused-ring (bicyclic) bond motifs is 3. The van der Waals surface area contributed by atoms with Gasteiger partial charge < -0.3 is 9.64 Å². The molecule has 40 heavy (non-hydrogen) atoms. The second-order valence-corrected chi connectivity index (χ2v) is 10.5. The molecule has 1 unspecified atom stereocenters. The normalized spacial score (nSPS) is 14.7. The lowest BCUT2D eigenvalue weighted by Gasteiger charge is -2.37. The zero-order valence-corrected chi connectivity index (χ0v) is 22.9. The maximum Gasteiger partial charge on any atom is 0.262 e. The molecule has 2 heterocycles. The summed E-state index contributed by atoms with van der Waals surface area (Å²) >= 11 is 12.5. The van der Waals surface area contributed by atoms with Crippen molar-refractivity contribution < 1.29 is 18.7 Å². The third kappa shape index (κ3) is 4.53. The molecule has 5 nitrogen and oxygen atoms in total. The van der Waals surface area contributed by atoms with E-state index in [9.17, 15) is 14.0 Å². The summed E-state index contributed by atoms with van der Waals surface area (Å²) in [6.07, 6.45) is 0.507. The minimum atomic E-state index is -0.616. The Kier molecular flexibility index (Phi) is 6.82. The molecular formula is C32H23Cl2FN2O3. The molecule has 1 aliphatic heterocycles. The molecule has 6 rings (SSSR count). The summed E-state index contributed by atoms with van der Waals surface area (Å²) in [6.45, 7) is 0.390. The van der Waals surface area contributed by atoms with Gasteiger partial charge in [0.2, 0.25) is 0 Å². The highest BCUT2D eigenvalue weighted by Crippen LogP contribution is 2.42. The number of hydrogen-bond acceptors (Lipinski definition) is 3. The molecule has 0 saturated heterocycles. The molecule has 0 spiro atoms. The fourth-order valence-corrected chi connectivity index (χ4v) is 5.75. The predicted octanol–water partition coefficient (Wildman–Crippen LogP) is 7.57. The lowest BCUT2D eigenvalue weighted by atomic mass is 9.91. The number of aromatic nitrogens is 1. The van der Waals surface area contributed by atoms with Crippen LogP contribution in [0.5, 0.6) is 5.75 Å². The van der Waals surface area contributed by atoms with Crippen molar-refractivity contribution in [2.75, 3.05) is 13.7 Å². The number of hydrogen-bond donors (Lipinski definition) is 0. The zero-order valence-electron chi connectivity index (χ0n) is 21.4. The number of amides is 1. The van der Waals surface area contributed by atoms with Crippen molar-refractivity contribution in [2.45, 2.75) is 12.5 Å². The Labute approximate surface area is 240 Å². The minimum absolute atomic E-state index is 0.250. The van der Waals surface area contributed by atoms with Gasteiger partial charge >= 0.3 is 0 Å². The highest BCUT2D eigenvalue weighted by atomic mass is 35.5. The van der Waals surface area contributed by atoms with Crippen molar-refractivity contribution in [3.8, 4) is 5.75 Å². The lowest BCUT2D eigenvalue weighted by Crippen LogP contribution is -2.42. The number of nitrogens with zero attached hydrogens (tertiary/aromatic N) is 2. The highest BCUT2D eigenvalue weighted by Gasteiger charge is 2.38. The Morgan fingerprint density at radius 3 is 2.12 bits per heavy atom. The van der Waals surface area contributed by atoms with E-state index < -0.39 is 11.9 Å². The van der Waals surface area contributed by atoms with Crippen LogP contribution in [0.25, 0.3) is 10.9 Å². The molecule has 1 aromatic heterocycles. The molecule has 0 N–H and O–H groups in total. The summed E-state index contributed by atoms with van der Waals surface area (Å²) in [5.74, 6) is -0.268. The van der Waals surface area contributed by atoms with E-state index in [0.717, 1.165) is 16.5 Å². The van der Waals surface area contributed by atoms with Crippen LogP contribution in [0.2, 0.25) is 10.0 Å². The maximum atomic E-state index is 14.2. The first-order valence-corrected chi connectivity index (χ1v) is 13.4. The van der Waals surface area contributed by atoms with Gasteiger partial charge in [-0.1, -0.05) is 35.3 Å². The van der Waals surface area contributed by atoms with Crippen LogP contribution >= 0.6 is 23.2 Å². The molecule has 0 aliphatic carbocycles. The number of carbonyl (C=O) groups excluding carboxylic acids is 2. The molecule has 0 saturated carbocycles. The third-order valence-electron chi connectivity index (χ3n) is 7.33. The van der Waals surface area contributed by atoms with Crippen LogP contribution < -0.4 is 4.74 Å². The van der Waals surface area contributed by atoms with Crippen LogP contribution in [0.1, 0.15) is 43.6 Å². The highest BCUT2D eigenvalue weighted by molar-refractivity contribution is 6.31. The number of benzene rings is 4. The van der Waals surface area contributed by atoms with Gasteiger partial charge in [-0.25, -0.2) is 4.39 Å².